The summed E-state index contributed by atoms with van der Waals surface area (Å²) in [5.41, 5.74) is 1.46. The van der Waals surface area contributed by atoms with E-state index in [0.29, 0.717) is 17.8 Å². The Morgan fingerprint density at radius 3 is 2.30 bits per heavy atom. The van der Waals surface area contributed by atoms with Gasteiger partial charge < -0.3 is 14.4 Å². The second-order valence-corrected chi connectivity index (χ2v) is 8.66. The van der Waals surface area contributed by atoms with Gasteiger partial charge in [0.2, 0.25) is 0 Å². The first-order valence-electron chi connectivity index (χ1n) is 11.1. The molecule has 2 aliphatic rings. The van der Waals surface area contributed by atoms with E-state index in [1.807, 2.05) is 0 Å². The third-order valence-corrected chi connectivity index (χ3v) is 6.62. The summed E-state index contributed by atoms with van der Waals surface area (Å²) in [6, 6.07) is 8.92. The molecule has 1 aliphatic heterocycles. The predicted octanol–water partition coefficient (Wildman–Crippen LogP) is 5.58. The molecule has 1 saturated heterocycles. The first-order valence-corrected chi connectivity index (χ1v) is 11.1. The van der Waals surface area contributed by atoms with Crippen molar-refractivity contribution in [3.8, 4) is 5.75 Å². The lowest BCUT2D eigenvalue weighted by Gasteiger charge is -2.32. The molecule has 3 nitrogen and oxygen atoms in total. The lowest BCUT2D eigenvalue weighted by molar-refractivity contribution is -0.117. The van der Waals surface area contributed by atoms with Crippen LogP contribution in [0.3, 0.4) is 0 Å². The number of benzene rings is 1. The number of hydrogen-bond donors (Lipinski definition) is 0. The first kappa shape index (κ1) is 20.4. The molecule has 0 bridgehead atoms. The van der Waals surface area contributed by atoms with Gasteiger partial charge in [-0.25, -0.2) is 0 Å². The zero-order chi connectivity index (χ0) is 19.1. The standard InChI is InChI=1S/C24H37NO2/c1-3-20-6-10-23(11-7-20)27-24-12-8-21(9-13-24)22-14-17-25(18-15-22)16-4-5-19(2)26/h8-9,12-13,20,22-23H,3-7,10-11,14-18H2,1-2H3/t20-,23-. The van der Waals surface area contributed by atoms with Crippen LogP contribution < -0.4 is 4.74 Å². The molecule has 2 fully saturated rings. The number of rotatable bonds is 8. The smallest absolute Gasteiger partial charge is 0.129 e. The van der Waals surface area contributed by atoms with Crippen LogP contribution in [0.1, 0.15) is 83.1 Å². The summed E-state index contributed by atoms with van der Waals surface area (Å²) in [4.78, 5) is 13.6. The Hall–Kier alpha value is -1.35. The van der Waals surface area contributed by atoms with Gasteiger partial charge in [-0.05, 0) is 101 Å². The normalized spacial score (nSPS) is 24.7. The zero-order valence-corrected chi connectivity index (χ0v) is 17.3. The zero-order valence-electron chi connectivity index (χ0n) is 17.3. The van der Waals surface area contributed by atoms with E-state index in [9.17, 15) is 4.79 Å². The Morgan fingerprint density at radius 2 is 1.70 bits per heavy atom. The Bertz CT molecular complexity index is 567. The van der Waals surface area contributed by atoms with Crippen LogP contribution in [0.4, 0.5) is 0 Å². The molecule has 3 heteroatoms. The molecule has 0 radical (unpaired) electrons. The molecule has 1 saturated carbocycles. The number of carbonyl (C=O) groups excluding carboxylic acids is 1. The third kappa shape index (κ3) is 6.34. The van der Waals surface area contributed by atoms with Crippen molar-refractivity contribution in [1.82, 2.24) is 4.90 Å². The maximum atomic E-state index is 11.1. The summed E-state index contributed by atoms with van der Waals surface area (Å²) in [5.74, 6) is 2.94. The highest BCUT2D eigenvalue weighted by Crippen LogP contribution is 2.32. The Kier molecular flexibility index (Phi) is 7.75. The fourth-order valence-corrected chi connectivity index (χ4v) is 4.71. The van der Waals surface area contributed by atoms with Crippen LogP contribution in [0.25, 0.3) is 0 Å². The molecule has 27 heavy (non-hydrogen) atoms. The maximum absolute atomic E-state index is 11.1. The lowest BCUT2D eigenvalue weighted by atomic mass is 9.86. The first-order chi connectivity index (χ1) is 13.1. The van der Waals surface area contributed by atoms with Crippen LogP contribution in [0, 0.1) is 5.92 Å². The largest absolute Gasteiger partial charge is 0.490 e. The Morgan fingerprint density at radius 1 is 1.04 bits per heavy atom. The van der Waals surface area contributed by atoms with E-state index < -0.39 is 0 Å². The quantitative estimate of drug-likeness (QED) is 0.597. The molecule has 0 spiro atoms. The molecule has 1 aliphatic carbocycles. The van der Waals surface area contributed by atoms with Crippen LogP contribution in [0.5, 0.6) is 5.75 Å². The summed E-state index contributed by atoms with van der Waals surface area (Å²) in [6.07, 6.45) is 11.0. The van der Waals surface area contributed by atoms with E-state index >= 15 is 0 Å². The highest BCUT2D eigenvalue weighted by molar-refractivity contribution is 5.75. The topological polar surface area (TPSA) is 29.5 Å². The number of ether oxygens (including phenoxy) is 1. The summed E-state index contributed by atoms with van der Waals surface area (Å²) in [6.45, 7) is 7.37. The Labute approximate surface area is 165 Å². The minimum Gasteiger partial charge on any atom is -0.490 e. The molecule has 0 atom stereocenters. The van der Waals surface area contributed by atoms with Gasteiger partial charge >= 0.3 is 0 Å². The number of ketones is 1. The van der Waals surface area contributed by atoms with E-state index in [0.717, 1.165) is 44.1 Å². The fraction of sp³-hybridized carbons (Fsp3) is 0.708. The van der Waals surface area contributed by atoms with Gasteiger partial charge in [-0.15, -0.1) is 0 Å². The van der Waals surface area contributed by atoms with Crippen molar-refractivity contribution < 1.29 is 9.53 Å². The number of likely N-dealkylation sites (tertiary alicyclic amines) is 1. The van der Waals surface area contributed by atoms with Crippen molar-refractivity contribution in [2.75, 3.05) is 19.6 Å². The van der Waals surface area contributed by atoms with Gasteiger partial charge in [0.05, 0.1) is 6.10 Å². The van der Waals surface area contributed by atoms with E-state index in [1.165, 1.54) is 50.5 Å². The van der Waals surface area contributed by atoms with Crippen molar-refractivity contribution in [2.24, 2.45) is 5.92 Å². The molecule has 1 aromatic rings. The van der Waals surface area contributed by atoms with E-state index in [2.05, 4.69) is 36.1 Å². The minimum absolute atomic E-state index is 0.311. The number of nitrogens with zero attached hydrogens (tertiary/aromatic N) is 1. The highest BCUT2D eigenvalue weighted by Gasteiger charge is 2.22. The van der Waals surface area contributed by atoms with E-state index in [1.54, 1.807) is 6.92 Å². The van der Waals surface area contributed by atoms with E-state index in [-0.39, 0.29) is 0 Å². The fourth-order valence-electron chi connectivity index (χ4n) is 4.71. The van der Waals surface area contributed by atoms with Crippen LogP contribution in [-0.2, 0) is 4.79 Å². The van der Waals surface area contributed by atoms with Crippen LogP contribution in [0.15, 0.2) is 24.3 Å². The van der Waals surface area contributed by atoms with Crippen molar-refractivity contribution in [1.29, 1.82) is 0 Å². The molecule has 1 aromatic carbocycles. The molecule has 1 heterocycles. The van der Waals surface area contributed by atoms with Crippen molar-refractivity contribution in [3.05, 3.63) is 29.8 Å². The van der Waals surface area contributed by atoms with Gasteiger partial charge in [0.25, 0.3) is 0 Å². The monoisotopic (exact) mass is 371 g/mol. The molecule has 3 rings (SSSR count). The average molecular weight is 372 g/mol. The maximum Gasteiger partial charge on any atom is 0.129 e. The highest BCUT2D eigenvalue weighted by atomic mass is 16.5. The molecule has 0 unspecified atom stereocenters. The SMILES string of the molecule is CC[C@H]1CC[C@H](Oc2ccc(C3CCN(CCCC(C)=O)CC3)cc2)CC1. The molecule has 0 N–H and O–H groups in total. The third-order valence-electron chi connectivity index (χ3n) is 6.62. The van der Waals surface area contributed by atoms with Gasteiger partial charge in [-0.1, -0.05) is 25.5 Å². The van der Waals surface area contributed by atoms with Crippen molar-refractivity contribution >= 4 is 5.78 Å². The minimum atomic E-state index is 0.311. The molecule has 0 aromatic heterocycles. The summed E-state index contributed by atoms with van der Waals surface area (Å²) >= 11 is 0. The van der Waals surface area contributed by atoms with Crippen LogP contribution in [-0.4, -0.2) is 36.4 Å². The number of piperidine rings is 1. The van der Waals surface area contributed by atoms with Crippen LogP contribution in [0.2, 0.25) is 0 Å². The van der Waals surface area contributed by atoms with Gasteiger partial charge in [0, 0.05) is 6.42 Å². The van der Waals surface area contributed by atoms with E-state index in [4.69, 9.17) is 4.74 Å². The second-order valence-electron chi connectivity index (χ2n) is 8.66. The molecule has 0 amide bonds. The van der Waals surface area contributed by atoms with Gasteiger partial charge in [-0.2, -0.15) is 0 Å². The van der Waals surface area contributed by atoms with Gasteiger partial charge in [-0.3, -0.25) is 0 Å². The lowest BCUT2D eigenvalue weighted by Crippen LogP contribution is -2.33. The number of Topliss-reactive ketones (excluding diaryl/α,β-unsaturated/α-hetero) is 1. The van der Waals surface area contributed by atoms with Crippen molar-refractivity contribution in [3.63, 3.8) is 0 Å². The van der Waals surface area contributed by atoms with Gasteiger partial charge in [0.15, 0.2) is 0 Å². The van der Waals surface area contributed by atoms with Crippen LogP contribution >= 0.6 is 0 Å². The second kappa shape index (κ2) is 10.3. The number of hydrogen-bond acceptors (Lipinski definition) is 3. The summed E-state index contributed by atoms with van der Waals surface area (Å²) in [5, 5.41) is 0. The molecular weight excluding hydrogens is 334 g/mol. The summed E-state index contributed by atoms with van der Waals surface area (Å²) < 4.78 is 6.24. The predicted molar refractivity (Wildman–Crippen MR) is 111 cm³/mol. The van der Waals surface area contributed by atoms with Gasteiger partial charge in [0.1, 0.15) is 11.5 Å². The molecule has 150 valence electrons. The Balaban J connectivity index is 1.41. The van der Waals surface area contributed by atoms with Crippen molar-refractivity contribution in [2.45, 2.75) is 83.7 Å². The number of carbonyl (C=O) groups is 1. The summed E-state index contributed by atoms with van der Waals surface area (Å²) in [7, 11) is 0. The molecular formula is C24H37NO2. The average Bonchev–Trinajstić information content (AvgIpc) is 2.69.